The molecule has 198 valence electrons. The number of para-hydroxylation sites is 2. The van der Waals surface area contributed by atoms with Gasteiger partial charge in [0.05, 0.1) is 11.0 Å². The van der Waals surface area contributed by atoms with Crippen LogP contribution in [0.4, 0.5) is 0 Å². The second-order valence-electron chi connectivity index (χ2n) is 9.65. The third-order valence-electron chi connectivity index (χ3n) is 7.18. The van der Waals surface area contributed by atoms with Crippen molar-refractivity contribution in [3.8, 4) is 27.9 Å². The zero-order chi connectivity index (χ0) is 27.9. The van der Waals surface area contributed by atoms with Gasteiger partial charge in [-0.15, -0.1) is 0 Å². The van der Waals surface area contributed by atoms with Gasteiger partial charge in [0.25, 0.3) is 0 Å². The number of fused-ring (bicyclic) bond motifs is 3. The summed E-state index contributed by atoms with van der Waals surface area (Å²) in [6.45, 7) is 8.28. The van der Waals surface area contributed by atoms with Crippen molar-refractivity contribution in [1.82, 2.24) is 4.57 Å². The molecule has 0 bridgehead atoms. The van der Waals surface area contributed by atoms with Crippen LogP contribution in [0.1, 0.15) is 39.7 Å². The Balaban J connectivity index is 0.00000158. The Labute approximate surface area is 238 Å². The highest BCUT2D eigenvalue weighted by atomic mass is 15.0. The molecule has 1 heterocycles. The third kappa shape index (κ3) is 5.28. The number of hydrogen-bond donors (Lipinski definition) is 0. The summed E-state index contributed by atoms with van der Waals surface area (Å²) in [6, 6.07) is 43.9. The molecule has 0 N–H and O–H groups in total. The van der Waals surface area contributed by atoms with E-state index < -0.39 is 0 Å². The van der Waals surface area contributed by atoms with E-state index in [2.05, 4.69) is 158 Å². The van der Waals surface area contributed by atoms with Crippen molar-refractivity contribution in [2.24, 2.45) is 0 Å². The maximum absolute atomic E-state index is 2.37. The Kier molecular flexibility index (Phi) is 8.42. The van der Waals surface area contributed by atoms with Gasteiger partial charge in [0, 0.05) is 16.5 Å². The van der Waals surface area contributed by atoms with E-state index in [4.69, 9.17) is 0 Å². The highest BCUT2D eigenvalue weighted by molar-refractivity contribution is 6.09. The Bertz CT molecular complexity index is 1730. The number of benzene rings is 5. The van der Waals surface area contributed by atoms with Crippen molar-refractivity contribution in [2.75, 3.05) is 0 Å². The lowest BCUT2D eigenvalue weighted by Gasteiger charge is -2.13. The molecule has 5 aromatic carbocycles. The van der Waals surface area contributed by atoms with Gasteiger partial charge < -0.3 is 4.57 Å². The summed E-state index contributed by atoms with van der Waals surface area (Å²) < 4.78 is 2.37. The molecule has 0 fully saturated rings. The average Bonchev–Trinajstić information content (AvgIpc) is 3.37. The van der Waals surface area contributed by atoms with E-state index in [0.717, 1.165) is 6.42 Å². The minimum Gasteiger partial charge on any atom is -0.309 e. The zero-order valence-electron chi connectivity index (χ0n) is 23.9. The van der Waals surface area contributed by atoms with Gasteiger partial charge in [0.2, 0.25) is 0 Å². The first-order chi connectivity index (χ1) is 19.8. The van der Waals surface area contributed by atoms with Crippen LogP contribution in [0.15, 0.2) is 140 Å². The Morgan fingerprint density at radius 3 is 1.68 bits per heavy atom. The van der Waals surface area contributed by atoms with Crippen LogP contribution in [0, 0.1) is 0 Å². The van der Waals surface area contributed by atoms with Crippen molar-refractivity contribution >= 4 is 27.4 Å². The monoisotopic (exact) mass is 519 g/mol. The molecular formula is C39H37N. The van der Waals surface area contributed by atoms with Crippen LogP contribution in [-0.4, -0.2) is 4.57 Å². The van der Waals surface area contributed by atoms with E-state index in [0.29, 0.717) is 0 Å². The van der Waals surface area contributed by atoms with Crippen LogP contribution in [0.3, 0.4) is 0 Å². The maximum atomic E-state index is 2.37. The van der Waals surface area contributed by atoms with E-state index in [-0.39, 0.29) is 0 Å². The number of nitrogens with zero attached hydrogens (tertiary/aromatic N) is 1. The predicted octanol–water partition coefficient (Wildman–Crippen LogP) is 11.5. The lowest BCUT2D eigenvalue weighted by atomic mass is 9.92. The van der Waals surface area contributed by atoms with Crippen LogP contribution < -0.4 is 0 Å². The lowest BCUT2D eigenvalue weighted by Crippen LogP contribution is -1.94. The highest BCUT2D eigenvalue weighted by Gasteiger charge is 2.12. The van der Waals surface area contributed by atoms with Gasteiger partial charge in [0.1, 0.15) is 0 Å². The molecule has 1 aromatic heterocycles. The zero-order valence-corrected chi connectivity index (χ0v) is 23.9. The number of aromatic nitrogens is 1. The van der Waals surface area contributed by atoms with Gasteiger partial charge in [-0.3, -0.25) is 0 Å². The molecule has 40 heavy (non-hydrogen) atoms. The van der Waals surface area contributed by atoms with Gasteiger partial charge in [0.15, 0.2) is 0 Å². The van der Waals surface area contributed by atoms with Crippen molar-refractivity contribution in [3.63, 3.8) is 0 Å². The summed E-state index contributed by atoms with van der Waals surface area (Å²) in [4.78, 5) is 0. The molecule has 6 rings (SSSR count). The Hall–Kier alpha value is -4.62. The normalized spacial score (nSPS) is 11.7. The maximum Gasteiger partial charge on any atom is 0.0541 e. The Morgan fingerprint density at radius 1 is 0.600 bits per heavy atom. The number of hydrogen-bond acceptors (Lipinski definition) is 0. The fourth-order valence-corrected chi connectivity index (χ4v) is 5.44. The predicted molar refractivity (Wildman–Crippen MR) is 176 cm³/mol. The summed E-state index contributed by atoms with van der Waals surface area (Å²) in [7, 11) is 0. The standard InChI is InChI=1S/C37H31N.C2H6/c1-3-12-27(13-4-2)30-24-31(28-14-6-5-7-15-28)26-32(25-30)29-20-22-33(23-21-29)38-36-18-10-8-16-34(36)35-17-9-11-19-37(35)38;1-2/h3,5-26H,4H2,1-2H3;1-2H3/b12-3-,27-13+;. The first-order valence-electron chi connectivity index (χ1n) is 14.4. The molecule has 0 saturated heterocycles. The molecule has 0 aliphatic rings. The van der Waals surface area contributed by atoms with Crippen molar-refractivity contribution in [2.45, 2.75) is 34.1 Å². The Morgan fingerprint density at radius 2 is 1.12 bits per heavy atom. The van der Waals surface area contributed by atoms with E-state index in [9.17, 15) is 0 Å². The fourth-order valence-electron chi connectivity index (χ4n) is 5.44. The average molecular weight is 520 g/mol. The molecule has 0 amide bonds. The smallest absolute Gasteiger partial charge is 0.0541 e. The van der Waals surface area contributed by atoms with E-state index in [1.54, 1.807) is 0 Å². The topological polar surface area (TPSA) is 4.93 Å². The fraction of sp³-hybridized carbons (Fsp3) is 0.128. The molecule has 6 aromatic rings. The minimum absolute atomic E-state index is 0.998. The van der Waals surface area contributed by atoms with Gasteiger partial charge in [-0.1, -0.05) is 118 Å². The van der Waals surface area contributed by atoms with Crippen LogP contribution in [0.25, 0.3) is 55.3 Å². The molecule has 1 heteroatoms. The molecule has 0 aliphatic heterocycles. The van der Waals surface area contributed by atoms with Crippen molar-refractivity contribution < 1.29 is 0 Å². The van der Waals surface area contributed by atoms with Crippen molar-refractivity contribution in [3.05, 3.63) is 145 Å². The number of allylic oxidation sites excluding steroid dienone is 4. The first-order valence-corrected chi connectivity index (χ1v) is 14.4. The summed E-state index contributed by atoms with van der Waals surface area (Å²) >= 11 is 0. The molecule has 1 nitrogen and oxygen atoms in total. The summed E-state index contributed by atoms with van der Waals surface area (Å²) in [5.41, 5.74) is 11.0. The quantitative estimate of drug-likeness (QED) is 0.193. The lowest BCUT2D eigenvalue weighted by molar-refractivity contribution is 1.18. The van der Waals surface area contributed by atoms with Gasteiger partial charge in [-0.05, 0) is 89.2 Å². The highest BCUT2D eigenvalue weighted by Crippen LogP contribution is 2.34. The third-order valence-corrected chi connectivity index (χ3v) is 7.18. The molecule has 0 unspecified atom stereocenters. The van der Waals surface area contributed by atoms with Crippen LogP contribution in [-0.2, 0) is 0 Å². The summed E-state index contributed by atoms with van der Waals surface area (Å²) in [5.74, 6) is 0. The second kappa shape index (κ2) is 12.5. The van der Waals surface area contributed by atoms with E-state index in [1.165, 1.54) is 60.9 Å². The van der Waals surface area contributed by atoms with Gasteiger partial charge in [-0.25, -0.2) is 0 Å². The second-order valence-corrected chi connectivity index (χ2v) is 9.65. The SMILES string of the molecule is C/C=C\C(=C/CC)c1cc(-c2ccccc2)cc(-c2ccc(-n3c4ccccc4c4ccccc43)cc2)c1.CC. The first kappa shape index (κ1) is 27.0. The largest absolute Gasteiger partial charge is 0.309 e. The summed E-state index contributed by atoms with van der Waals surface area (Å²) in [5, 5.41) is 2.57. The number of rotatable bonds is 6. The van der Waals surface area contributed by atoms with Crippen molar-refractivity contribution in [1.29, 1.82) is 0 Å². The van der Waals surface area contributed by atoms with Crippen LogP contribution >= 0.6 is 0 Å². The van der Waals surface area contributed by atoms with Gasteiger partial charge >= 0.3 is 0 Å². The molecule has 0 aliphatic carbocycles. The molecular weight excluding hydrogens is 482 g/mol. The van der Waals surface area contributed by atoms with Crippen LogP contribution in [0.5, 0.6) is 0 Å². The molecule has 0 radical (unpaired) electrons. The van der Waals surface area contributed by atoms with E-state index in [1.807, 2.05) is 13.8 Å². The van der Waals surface area contributed by atoms with Gasteiger partial charge in [-0.2, -0.15) is 0 Å². The van der Waals surface area contributed by atoms with E-state index >= 15 is 0 Å². The molecule has 0 atom stereocenters. The molecule has 0 spiro atoms. The van der Waals surface area contributed by atoms with Crippen LogP contribution in [0.2, 0.25) is 0 Å². The molecule has 0 saturated carbocycles. The minimum atomic E-state index is 0.998. The summed E-state index contributed by atoms with van der Waals surface area (Å²) in [6.07, 6.45) is 7.64.